The van der Waals surface area contributed by atoms with Crippen molar-refractivity contribution in [2.75, 3.05) is 35.2 Å². The zero-order valence-electron chi connectivity index (χ0n) is 16.1. The number of nitrogens with zero attached hydrogens (tertiary/aromatic N) is 3. The van der Waals surface area contributed by atoms with Crippen molar-refractivity contribution in [2.45, 2.75) is 24.7 Å². The summed E-state index contributed by atoms with van der Waals surface area (Å²) < 4.78 is 28.4. The van der Waals surface area contributed by atoms with Crippen LogP contribution in [-0.4, -0.2) is 35.0 Å². The zero-order chi connectivity index (χ0) is 20.5. The number of benzene rings is 2. The van der Waals surface area contributed by atoms with Crippen LogP contribution in [0, 0.1) is 11.3 Å². The fraction of sp³-hybridized carbons (Fsp3) is 0.300. The second kappa shape index (κ2) is 7.52. The second-order valence-electron chi connectivity index (χ2n) is 6.91. The summed E-state index contributed by atoms with van der Waals surface area (Å²) in [7, 11) is -0.208. The van der Waals surface area contributed by atoms with Crippen LogP contribution in [0.4, 0.5) is 17.1 Å². The maximum atomic E-state index is 12.9. The molecule has 0 atom stereocenters. The van der Waals surface area contributed by atoms with Crippen LogP contribution in [0.25, 0.3) is 0 Å². The van der Waals surface area contributed by atoms with Crippen LogP contribution in [0.2, 0.25) is 0 Å². The lowest BCUT2D eigenvalue weighted by molar-refractivity contribution is -0.116. The molecule has 0 spiro atoms. The van der Waals surface area contributed by atoms with Crippen LogP contribution in [0.5, 0.6) is 0 Å². The Hall–Kier alpha value is -3.05. The number of carbonyl (C=O) groups is 1. The number of sulfonamides is 1. The molecular weight excluding hydrogens is 376 g/mol. The minimum atomic E-state index is -3.88. The summed E-state index contributed by atoms with van der Waals surface area (Å²) >= 11 is 0. The second-order valence-corrected chi connectivity index (χ2v) is 8.59. The molecule has 28 heavy (non-hydrogen) atoms. The summed E-state index contributed by atoms with van der Waals surface area (Å²) in [6, 6.07) is 11.8. The quantitative estimate of drug-likeness (QED) is 0.855. The SMILES string of the molecule is CC(=O)N1CCCc2cc(S(=O)(=O)Nc3cc(N(C)C)ccc3C#N)ccc21. The zero-order valence-corrected chi connectivity index (χ0v) is 16.9. The van der Waals surface area contributed by atoms with Crippen LogP contribution in [0.1, 0.15) is 24.5 Å². The summed E-state index contributed by atoms with van der Waals surface area (Å²) in [5, 5.41) is 9.32. The van der Waals surface area contributed by atoms with Gasteiger partial charge in [-0.15, -0.1) is 0 Å². The van der Waals surface area contributed by atoms with Crippen molar-refractivity contribution < 1.29 is 13.2 Å². The van der Waals surface area contributed by atoms with E-state index in [9.17, 15) is 18.5 Å². The smallest absolute Gasteiger partial charge is 0.261 e. The maximum Gasteiger partial charge on any atom is 0.261 e. The van der Waals surface area contributed by atoms with Gasteiger partial charge >= 0.3 is 0 Å². The Morgan fingerprint density at radius 2 is 1.96 bits per heavy atom. The average Bonchev–Trinajstić information content (AvgIpc) is 2.66. The first kappa shape index (κ1) is 19.7. The van der Waals surface area contributed by atoms with Crippen LogP contribution in [-0.2, 0) is 21.2 Å². The number of anilines is 3. The number of rotatable bonds is 4. The molecule has 0 bridgehead atoms. The van der Waals surface area contributed by atoms with Crippen LogP contribution in [0.15, 0.2) is 41.3 Å². The van der Waals surface area contributed by atoms with Gasteiger partial charge in [-0.05, 0) is 54.8 Å². The lowest BCUT2D eigenvalue weighted by atomic mass is 10.0. The molecule has 1 aliphatic heterocycles. The molecule has 0 saturated carbocycles. The highest BCUT2D eigenvalue weighted by Gasteiger charge is 2.23. The highest BCUT2D eigenvalue weighted by Crippen LogP contribution is 2.31. The van der Waals surface area contributed by atoms with Crippen LogP contribution < -0.4 is 14.5 Å². The molecule has 0 aliphatic carbocycles. The van der Waals surface area contributed by atoms with E-state index in [-0.39, 0.29) is 22.1 Å². The summed E-state index contributed by atoms with van der Waals surface area (Å²) in [6.07, 6.45) is 1.50. The van der Waals surface area contributed by atoms with E-state index >= 15 is 0 Å². The first-order chi connectivity index (χ1) is 13.2. The molecule has 1 N–H and O–H groups in total. The van der Waals surface area contributed by atoms with E-state index in [4.69, 9.17) is 0 Å². The molecule has 0 radical (unpaired) electrons. The predicted octanol–water partition coefficient (Wildman–Crippen LogP) is 2.72. The lowest BCUT2D eigenvalue weighted by Crippen LogP contribution is -2.33. The number of amides is 1. The van der Waals surface area contributed by atoms with Crippen molar-refractivity contribution in [3.63, 3.8) is 0 Å². The molecule has 0 unspecified atom stereocenters. The monoisotopic (exact) mass is 398 g/mol. The fourth-order valence-corrected chi connectivity index (χ4v) is 4.38. The highest BCUT2D eigenvalue weighted by molar-refractivity contribution is 7.92. The molecule has 1 aliphatic rings. The van der Waals surface area contributed by atoms with Gasteiger partial charge < -0.3 is 9.80 Å². The molecule has 3 rings (SSSR count). The topological polar surface area (TPSA) is 93.5 Å². The largest absolute Gasteiger partial charge is 0.378 e. The third kappa shape index (κ3) is 3.80. The molecule has 8 heteroatoms. The van der Waals surface area contributed by atoms with Gasteiger partial charge in [-0.2, -0.15) is 5.26 Å². The summed E-state index contributed by atoms with van der Waals surface area (Å²) in [4.78, 5) is 15.4. The van der Waals surface area contributed by atoms with Gasteiger partial charge in [0, 0.05) is 38.9 Å². The standard InChI is InChI=1S/C20H22N4O3S/c1-14(25)24-10-4-5-15-11-18(8-9-20(15)24)28(26,27)22-19-12-17(23(2)3)7-6-16(19)13-21/h6-9,11-12,22H,4-5,10H2,1-3H3. The molecule has 146 valence electrons. The van der Waals surface area contributed by atoms with Crippen molar-refractivity contribution >= 4 is 33.0 Å². The van der Waals surface area contributed by atoms with Gasteiger partial charge in [0.15, 0.2) is 0 Å². The normalized spacial score (nSPS) is 13.4. The molecule has 2 aromatic rings. The average molecular weight is 398 g/mol. The number of nitriles is 1. The molecule has 0 aromatic heterocycles. The summed E-state index contributed by atoms with van der Waals surface area (Å²) in [5.74, 6) is -0.0613. The van der Waals surface area contributed by atoms with Gasteiger partial charge in [0.25, 0.3) is 10.0 Å². The van der Waals surface area contributed by atoms with Crippen molar-refractivity contribution in [2.24, 2.45) is 0 Å². The molecule has 1 heterocycles. The Bertz CT molecular complexity index is 1070. The first-order valence-corrected chi connectivity index (χ1v) is 10.4. The Morgan fingerprint density at radius 1 is 1.21 bits per heavy atom. The molecular formula is C20H22N4O3S. The Balaban J connectivity index is 1.98. The van der Waals surface area contributed by atoms with E-state index in [1.807, 2.05) is 25.1 Å². The van der Waals surface area contributed by atoms with E-state index < -0.39 is 10.0 Å². The van der Waals surface area contributed by atoms with Crippen molar-refractivity contribution in [3.8, 4) is 6.07 Å². The third-order valence-corrected chi connectivity index (χ3v) is 6.11. The summed E-state index contributed by atoms with van der Waals surface area (Å²) in [5.41, 5.74) is 2.84. The first-order valence-electron chi connectivity index (χ1n) is 8.88. The maximum absolute atomic E-state index is 12.9. The Morgan fingerprint density at radius 3 is 2.61 bits per heavy atom. The number of hydrogen-bond acceptors (Lipinski definition) is 5. The van der Waals surface area contributed by atoms with E-state index in [1.54, 1.807) is 35.2 Å². The minimum absolute atomic E-state index is 0.0613. The van der Waals surface area contributed by atoms with Gasteiger partial charge in [0.05, 0.1) is 16.1 Å². The third-order valence-electron chi connectivity index (χ3n) is 4.74. The van der Waals surface area contributed by atoms with E-state index in [0.29, 0.717) is 13.0 Å². The van der Waals surface area contributed by atoms with Crippen molar-refractivity contribution in [1.82, 2.24) is 0 Å². The van der Waals surface area contributed by atoms with Gasteiger partial charge in [0.1, 0.15) is 6.07 Å². The Labute approximate surface area is 165 Å². The molecule has 2 aromatic carbocycles. The lowest BCUT2D eigenvalue weighted by Gasteiger charge is -2.28. The molecule has 0 fully saturated rings. The predicted molar refractivity (Wildman–Crippen MR) is 109 cm³/mol. The molecule has 7 nitrogen and oxygen atoms in total. The fourth-order valence-electron chi connectivity index (χ4n) is 3.26. The van der Waals surface area contributed by atoms with Gasteiger partial charge in [-0.25, -0.2) is 8.42 Å². The van der Waals surface area contributed by atoms with Crippen LogP contribution in [0.3, 0.4) is 0 Å². The van der Waals surface area contributed by atoms with Gasteiger partial charge in [-0.1, -0.05) is 0 Å². The molecule has 1 amide bonds. The minimum Gasteiger partial charge on any atom is -0.378 e. The number of fused-ring (bicyclic) bond motifs is 1. The van der Waals surface area contributed by atoms with Crippen molar-refractivity contribution in [1.29, 1.82) is 5.26 Å². The van der Waals surface area contributed by atoms with E-state index in [1.165, 1.54) is 13.0 Å². The van der Waals surface area contributed by atoms with Crippen molar-refractivity contribution in [3.05, 3.63) is 47.5 Å². The van der Waals surface area contributed by atoms with Crippen LogP contribution >= 0.6 is 0 Å². The number of nitrogens with one attached hydrogen (secondary N) is 1. The Kier molecular flexibility index (Phi) is 5.29. The number of hydrogen-bond donors (Lipinski definition) is 1. The van der Waals surface area contributed by atoms with E-state index in [0.717, 1.165) is 23.4 Å². The van der Waals surface area contributed by atoms with Gasteiger partial charge in [0.2, 0.25) is 5.91 Å². The number of aryl methyl sites for hydroxylation is 1. The summed E-state index contributed by atoms with van der Waals surface area (Å²) in [6.45, 7) is 2.14. The molecule has 0 saturated heterocycles. The highest BCUT2D eigenvalue weighted by atomic mass is 32.2. The number of carbonyl (C=O) groups excluding carboxylic acids is 1. The van der Waals surface area contributed by atoms with E-state index in [2.05, 4.69) is 4.72 Å². The van der Waals surface area contributed by atoms with Gasteiger partial charge in [-0.3, -0.25) is 9.52 Å².